The minimum Gasteiger partial charge on any atom is -0.508 e. The molecule has 0 heterocycles. The second-order valence-electron chi connectivity index (χ2n) is 5.73. The normalized spacial score (nSPS) is 10.7. The molecule has 0 radical (unpaired) electrons. The fraction of sp³-hybridized carbons (Fsp3) is 0.611. The first-order valence-electron chi connectivity index (χ1n) is 8.16. The van der Waals surface area contributed by atoms with Gasteiger partial charge < -0.3 is 10.2 Å². The molecule has 0 aliphatic carbocycles. The maximum Gasteiger partial charge on any atom is 0.303 e. The predicted octanol–water partition coefficient (Wildman–Crippen LogP) is 4.70. The van der Waals surface area contributed by atoms with Crippen LogP contribution in [-0.4, -0.2) is 16.2 Å². The van der Waals surface area contributed by atoms with E-state index >= 15 is 0 Å². The number of hydrogen-bond donors (Lipinski definition) is 2. The zero-order chi connectivity index (χ0) is 15.5. The van der Waals surface area contributed by atoms with Gasteiger partial charge in [0.1, 0.15) is 5.75 Å². The van der Waals surface area contributed by atoms with Gasteiger partial charge in [-0.3, -0.25) is 4.79 Å². The number of benzene rings is 1. The van der Waals surface area contributed by atoms with E-state index in [0.717, 1.165) is 50.5 Å². The second kappa shape index (κ2) is 10.3. The van der Waals surface area contributed by atoms with Crippen LogP contribution in [0.2, 0.25) is 0 Å². The molecule has 3 nitrogen and oxygen atoms in total. The lowest BCUT2D eigenvalue weighted by molar-refractivity contribution is -0.137. The van der Waals surface area contributed by atoms with E-state index < -0.39 is 5.97 Å². The highest BCUT2D eigenvalue weighted by molar-refractivity contribution is 5.66. The highest BCUT2D eigenvalue weighted by Gasteiger charge is 2.03. The lowest BCUT2D eigenvalue weighted by Gasteiger charge is -2.08. The van der Waals surface area contributed by atoms with Crippen LogP contribution in [0, 0.1) is 0 Å². The van der Waals surface area contributed by atoms with Crippen molar-refractivity contribution in [3.63, 3.8) is 0 Å². The van der Waals surface area contributed by atoms with Gasteiger partial charge >= 0.3 is 5.97 Å². The van der Waals surface area contributed by atoms with Crippen molar-refractivity contribution in [2.75, 3.05) is 0 Å². The van der Waals surface area contributed by atoms with E-state index in [4.69, 9.17) is 5.11 Å². The van der Waals surface area contributed by atoms with Crippen LogP contribution in [0.15, 0.2) is 18.2 Å². The van der Waals surface area contributed by atoms with E-state index in [2.05, 4.69) is 13.0 Å². The number of carboxylic acids is 1. The fourth-order valence-electron chi connectivity index (χ4n) is 2.50. The molecule has 0 aromatic heterocycles. The van der Waals surface area contributed by atoms with Gasteiger partial charge in [0.25, 0.3) is 0 Å². The van der Waals surface area contributed by atoms with Crippen molar-refractivity contribution >= 4 is 5.97 Å². The topological polar surface area (TPSA) is 57.5 Å². The SMILES string of the molecule is CCCCc1ccc(O)c(CCCCCCCC(=O)O)c1. The van der Waals surface area contributed by atoms with E-state index in [1.807, 2.05) is 12.1 Å². The summed E-state index contributed by atoms with van der Waals surface area (Å²) in [5.41, 5.74) is 2.36. The molecule has 0 spiro atoms. The van der Waals surface area contributed by atoms with Gasteiger partial charge in [-0.25, -0.2) is 0 Å². The predicted molar refractivity (Wildman–Crippen MR) is 85.8 cm³/mol. The maximum absolute atomic E-state index is 10.4. The van der Waals surface area contributed by atoms with Crippen molar-refractivity contribution in [2.45, 2.75) is 71.1 Å². The number of unbranched alkanes of at least 4 members (excludes halogenated alkanes) is 5. The van der Waals surface area contributed by atoms with Crippen LogP contribution in [-0.2, 0) is 17.6 Å². The fourth-order valence-corrected chi connectivity index (χ4v) is 2.50. The number of aliphatic carboxylic acids is 1. The standard InChI is InChI=1S/C18H28O3/c1-2-3-9-15-12-13-17(19)16(14-15)10-7-5-4-6-8-11-18(20)21/h12-14,19H,2-11H2,1H3,(H,20,21). The highest BCUT2D eigenvalue weighted by Crippen LogP contribution is 2.22. The number of phenolic OH excluding ortho intramolecular Hbond substituents is 1. The molecule has 21 heavy (non-hydrogen) atoms. The van der Waals surface area contributed by atoms with Crippen molar-refractivity contribution in [1.29, 1.82) is 0 Å². The molecule has 0 fully saturated rings. The number of hydrogen-bond acceptors (Lipinski definition) is 2. The maximum atomic E-state index is 10.4. The lowest BCUT2D eigenvalue weighted by Crippen LogP contribution is -1.94. The van der Waals surface area contributed by atoms with Crippen LogP contribution < -0.4 is 0 Å². The Morgan fingerprint density at radius 2 is 1.71 bits per heavy atom. The van der Waals surface area contributed by atoms with E-state index in [-0.39, 0.29) is 6.42 Å². The van der Waals surface area contributed by atoms with E-state index in [1.165, 1.54) is 18.4 Å². The Labute approximate surface area is 128 Å². The molecule has 118 valence electrons. The van der Waals surface area contributed by atoms with Gasteiger partial charge in [0.15, 0.2) is 0 Å². The van der Waals surface area contributed by atoms with Gasteiger partial charge in [0.05, 0.1) is 0 Å². The van der Waals surface area contributed by atoms with Crippen LogP contribution in [0.5, 0.6) is 5.75 Å². The monoisotopic (exact) mass is 292 g/mol. The molecule has 0 amide bonds. The van der Waals surface area contributed by atoms with Crippen LogP contribution in [0.25, 0.3) is 0 Å². The smallest absolute Gasteiger partial charge is 0.303 e. The van der Waals surface area contributed by atoms with E-state index in [0.29, 0.717) is 5.75 Å². The molecule has 0 saturated heterocycles. The number of aromatic hydroxyl groups is 1. The molecule has 0 saturated carbocycles. The van der Waals surface area contributed by atoms with Crippen molar-refractivity contribution in [2.24, 2.45) is 0 Å². The van der Waals surface area contributed by atoms with Crippen LogP contribution in [0.4, 0.5) is 0 Å². The zero-order valence-electron chi connectivity index (χ0n) is 13.1. The summed E-state index contributed by atoms with van der Waals surface area (Å²) >= 11 is 0. The molecule has 3 heteroatoms. The quantitative estimate of drug-likeness (QED) is 0.581. The van der Waals surface area contributed by atoms with Crippen molar-refractivity contribution < 1.29 is 15.0 Å². The third-order valence-electron chi connectivity index (χ3n) is 3.80. The van der Waals surface area contributed by atoms with Crippen molar-refractivity contribution in [3.8, 4) is 5.75 Å². The molecule has 1 rings (SSSR count). The molecule has 1 aromatic rings. The highest BCUT2D eigenvalue weighted by atomic mass is 16.4. The number of carbonyl (C=O) groups is 1. The minimum absolute atomic E-state index is 0.278. The Hall–Kier alpha value is -1.51. The average Bonchev–Trinajstić information content (AvgIpc) is 2.46. The number of phenols is 1. The minimum atomic E-state index is -0.705. The summed E-state index contributed by atoms with van der Waals surface area (Å²) < 4.78 is 0. The first-order valence-corrected chi connectivity index (χ1v) is 8.16. The van der Waals surface area contributed by atoms with Crippen LogP contribution >= 0.6 is 0 Å². The number of carboxylic acid groups (broad SMARTS) is 1. The summed E-state index contributed by atoms with van der Waals surface area (Å²) in [7, 11) is 0. The Morgan fingerprint density at radius 3 is 2.43 bits per heavy atom. The van der Waals surface area contributed by atoms with Crippen molar-refractivity contribution in [1.82, 2.24) is 0 Å². The molecular weight excluding hydrogens is 264 g/mol. The molecule has 0 aliphatic rings. The number of aryl methyl sites for hydroxylation is 2. The molecule has 0 unspecified atom stereocenters. The van der Waals surface area contributed by atoms with Crippen LogP contribution in [0.1, 0.15) is 69.4 Å². The largest absolute Gasteiger partial charge is 0.508 e. The molecule has 0 bridgehead atoms. The van der Waals surface area contributed by atoms with Gasteiger partial charge in [-0.15, -0.1) is 0 Å². The molecule has 1 aromatic carbocycles. The van der Waals surface area contributed by atoms with Gasteiger partial charge in [-0.1, -0.05) is 44.7 Å². The first-order chi connectivity index (χ1) is 10.1. The summed E-state index contributed by atoms with van der Waals surface area (Å²) in [6.45, 7) is 2.19. The molecular formula is C18H28O3. The lowest BCUT2D eigenvalue weighted by atomic mass is 10.00. The van der Waals surface area contributed by atoms with Gasteiger partial charge in [-0.05, 0) is 49.3 Å². The summed E-state index contributed by atoms with van der Waals surface area (Å²) in [6, 6.07) is 5.96. The number of rotatable bonds is 11. The van der Waals surface area contributed by atoms with Gasteiger partial charge in [-0.2, -0.15) is 0 Å². The Bertz CT molecular complexity index is 426. The first kappa shape index (κ1) is 17.5. The van der Waals surface area contributed by atoms with Gasteiger partial charge in [0, 0.05) is 6.42 Å². The second-order valence-corrected chi connectivity index (χ2v) is 5.73. The zero-order valence-corrected chi connectivity index (χ0v) is 13.1. The van der Waals surface area contributed by atoms with E-state index in [9.17, 15) is 9.90 Å². The van der Waals surface area contributed by atoms with Gasteiger partial charge in [0.2, 0.25) is 0 Å². The van der Waals surface area contributed by atoms with Crippen LogP contribution in [0.3, 0.4) is 0 Å². The van der Waals surface area contributed by atoms with E-state index in [1.54, 1.807) is 0 Å². The summed E-state index contributed by atoms with van der Waals surface area (Å²) in [5.74, 6) is -0.301. The van der Waals surface area contributed by atoms with Crippen molar-refractivity contribution in [3.05, 3.63) is 29.3 Å². The Balaban J connectivity index is 2.26. The summed E-state index contributed by atoms with van der Waals surface area (Å²) in [5, 5.41) is 18.5. The third-order valence-corrected chi connectivity index (χ3v) is 3.80. The third kappa shape index (κ3) is 7.74. The summed E-state index contributed by atoms with van der Waals surface area (Å²) in [4.78, 5) is 10.4. The molecule has 2 N–H and O–H groups in total. The molecule has 0 aliphatic heterocycles. The Kier molecular flexibility index (Phi) is 8.56. The molecule has 0 atom stereocenters. The summed E-state index contributed by atoms with van der Waals surface area (Å²) in [6.07, 6.45) is 9.62. The Morgan fingerprint density at radius 1 is 1.00 bits per heavy atom. The average molecular weight is 292 g/mol.